The molecule has 0 saturated heterocycles. The number of aliphatic hydroxyl groups is 1. The number of hydrogen-bond donors (Lipinski definition) is 2. The van der Waals surface area contributed by atoms with Gasteiger partial charge in [-0.15, -0.1) is 0 Å². The van der Waals surface area contributed by atoms with Crippen LogP contribution in [0, 0.1) is 34.6 Å². The number of nitrogens with zero attached hydrogens (tertiary/aromatic N) is 3. The molecule has 5 heteroatoms. The van der Waals surface area contributed by atoms with Crippen LogP contribution in [0.15, 0.2) is 18.2 Å². The zero-order chi connectivity index (χ0) is 19.0. The van der Waals surface area contributed by atoms with Gasteiger partial charge in [0.05, 0.1) is 23.4 Å². The van der Waals surface area contributed by atoms with Gasteiger partial charge in [-0.3, -0.25) is 0 Å². The minimum atomic E-state index is 0.0191. The number of nitrogens with one attached hydrogen (secondary N) is 1. The Morgan fingerprint density at radius 1 is 1.08 bits per heavy atom. The molecule has 0 saturated carbocycles. The molecule has 0 bridgehead atoms. The number of pyridine rings is 1. The molecule has 2 aromatic heterocycles. The molecular formula is C21H28N4O. The lowest BCUT2D eigenvalue weighted by atomic mass is 10.1. The smallest absolute Gasteiger partial charge is 0.165 e. The van der Waals surface area contributed by atoms with E-state index in [1.54, 1.807) is 0 Å². The number of benzene rings is 1. The lowest BCUT2D eigenvalue weighted by molar-refractivity contribution is 0.272. The van der Waals surface area contributed by atoms with Gasteiger partial charge < -0.3 is 10.4 Å². The van der Waals surface area contributed by atoms with Crippen molar-refractivity contribution in [3.05, 3.63) is 46.3 Å². The van der Waals surface area contributed by atoms with Crippen LogP contribution in [0.3, 0.4) is 0 Å². The molecule has 1 unspecified atom stereocenters. The molecule has 1 aromatic carbocycles. The molecule has 2 N–H and O–H groups in total. The predicted molar refractivity (Wildman–Crippen MR) is 107 cm³/mol. The van der Waals surface area contributed by atoms with E-state index in [2.05, 4.69) is 45.1 Å². The Morgan fingerprint density at radius 3 is 2.31 bits per heavy atom. The maximum atomic E-state index is 9.58. The first-order chi connectivity index (χ1) is 12.3. The molecule has 5 nitrogen and oxygen atoms in total. The van der Waals surface area contributed by atoms with Crippen LogP contribution in [0.25, 0.3) is 16.7 Å². The Bertz CT molecular complexity index is 931. The van der Waals surface area contributed by atoms with Crippen molar-refractivity contribution in [2.75, 3.05) is 11.9 Å². The second kappa shape index (κ2) is 7.08. The number of anilines is 1. The van der Waals surface area contributed by atoms with Gasteiger partial charge in [0.1, 0.15) is 0 Å². The summed E-state index contributed by atoms with van der Waals surface area (Å²) in [6, 6.07) is 6.41. The van der Waals surface area contributed by atoms with Crippen molar-refractivity contribution in [2.24, 2.45) is 0 Å². The summed E-state index contributed by atoms with van der Waals surface area (Å²) in [4.78, 5) is 4.80. The van der Waals surface area contributed by atoms with Crippen molar-refractivity contribution in [2.45, 2.75) is 54.0 Å². The predicted octanol–water partition coefficient (Wildman–Crippen LogP) is 4.15. The van der Waals surface area contributed by atoms with E-state index >= 15 is 0 Å². The molecule has 0 radical (unpaired) electrons. The summed E-state index contributed by atoms with van der Waals surface area (Å²) in [6.45, 7) is 12.5. The van der Waals surface area contributed by atoms with Gasteiger partial charge in [0.25, 0.3) is 0 Å². The molecule has 1 atom stereocenters. The van der Waals surface area contributed by atoms with Crippen LogP contribution in [-0.2, 0) is 0 Å². The Morgan fingerprint density at radius 2 is 1.73 bits per heavy atom. The molecule has 3 rings (SSSR count). The molecule has 2 heterocycles. The number of aromatic nitrogens is 3. The van der Waals surface area contributed by atoms with E-state index in [4.69, 9.17) is 10.1 Å². The van der Waals surface area contributed by atoms with Gasteiger partial charge in [-0.05, 0) is 58.2 Å². The van der Waals surface area contributed by atoms with Gasteiger partial charge in [0, 0.05) is 17.4 Å². The van der Waals surface area contributed by atoms with E-state index in [1.807, 2.05) is 24.6 Å². The van der Waals surface area contributed by atoms with Gasteiger partial charge in [0.2, 0.25) is 0 Å². The first kappa shape index (κ1) is 18.4. The van der Waals surface area contributed by atoms with Crippen LogP contribution in [-0.4, -0.2) is 32.5 Å². The zero-order valence-corrected chi connectivity index (χ0v) is 16.5. The lowest BCUT2D eigenvalue weighted by Gasteiger charge is -2.17. The topological polar surface area (TPSA) is 63.0 Å². The highest BCUT2D eigenvalue weighted by Crippen LogP contribution is 2.31. The molecule has 0 aliphatic rings. The summed E-state index contributed by atoms with van der Waals surface area (Å²) in [7, 11) is 0. The summed E-state index contributed by atoms with van der Waals surface area (Å²) < 4.78 is 1.97. The van der Waals surface area contributed by atoms with Crippen molar-refractivity contribution in [1.29, 1.82) is 0 Å². The Hall–Kier alpha value is -2.40. The van der Waals surface area contributed by atoms with Crippen molar-refractivity contribution >= 4 is 16.7 Å². The minimum Gasteiger partial charge on any atom is -0.394 e. The fourth-order valence-electron chi connectivity index (χ4n) is 3.69. The standard InChI is InChI=1S/C21H28N4O/c1-7-17(11-26)23-18-10-15(5)22-21-19(18)16(6)24-25(21)20-13(3)8-12(2)9-14(20)4/h8-10,17,26H,7,11H2,1-6H3,(H,22,23). The maximum absolute atomic E-state index is 9.58. The van der Waals surface area contributed by atoms with Crippen molar-refractivity contribution < 1.29 is 5.11 Å². The third-order valence-electron chi connectivity index (χ3n) is 4.86. The van der Waals surface area contributed by atoms with Gasteiger partial charge >= 0.3 is 0 Å². The van der Waals surface area contributed by atoms with Crippen LogP contribution < -0.4 is 5.32 Å². The highest BCUT2D eigenvalue weighted by molar-refractivity contribution is 5.93. The number of aryl methyl sites for hydroxylation is 5. The molecule has 0 amide bonds. The van der Waals surface area contributed by atoms with E-state index in [9.17, 15) is 5.11 Å². The number of fused-ring (bicyclic) bond motifs is 1. The Labute approximate surface area is 155 Å². The first-order valence-corrected chi connectivity index (χ1v) is 9.18. The normalized spacial score (nSPS) is 12.6. The quantitative estimate of drug-likeness (QED) is 0.724. The largest absolute Gasteiger partial charge is 0.394 e. The zero-order valence-electron chi connectivity index (χ0n) is 16.5. The number of hydrogen-bond acceptors (Lipinski definition) is 4. The van der Waals surface area contributed by atoms with Crippen LogP contribution in [0.5, 0.6) is 0 Å². The molecule has 138 valence electrons. The average molecular weight is 352 g/mol. The van der Waals surface area contributed by atoms with Gasteiger partial charge in [-0.25, -0.2) is 9.67 Å². The van der Waals surface area contributed by atoms with Crippen molar-refractivity contribution in [3.63, 3.8) is 0 Å². The Kier molecular flexibility index (Phi) is 5.01. The molecule has 3 aromatic rings. The van der Waals surface area contributed by atoms with E-state index in [-0.39, 0.29) is 12.6 Å². The van der Waals surface area contributed by atoms with Gasteiger partial charge in [-0.2, -0.15) is 5.10 Å². The third kappa shape index (κ3) is 3.19. The van der Waals surface area contributed by atoms with E-state index < -0.39 is 0 Å². The summed E-state index contributed by atoms with van der Waals surface area (Å²) >= 11 is 0. The fourth-order valence-corrected chi connectivity index (χ4v) is 3.69. The highest BCUT2D eigenvalue weighted by atomic mass is 16.3. The summed E-state index contributed by atoms with van der Waals surface area (Å²) in [6.07, 6.45) is 0.850. The number of aliphatic hydroxyl groups excluding tert-OH is 1. The average Bonchev–Trinajstić information content (AvgIpc) is 2.88. The fraction of sp³-hybridized carbons (Fsp3) is 0.429. The summed E-state index contributed by atoms with van der Waals surface area (Å²) in [5.74, 6) is 0. The number of rotatable bonds is 5. The van der Waals surface area contributed by atoms with Crippen LogP contribution in [0.4, 0.5) is 5.69 Å². The van der Waals surface area contributed by atoms with Gasteiger partial charge in [-0.1, -0.05) is 24.6 Å². The second-order valence-electron chi connectivity index (χ2n) is 7.19. The molecular weight excluding hydrogens is 324 g/mol. The maximum Gasteiger partial charge on any atom is 0.165 e. The van der Waals surface area contributed by atoms with E-state index in [0.29, 0.717) is 0 Å². The second-order valence-corrected chi connectivity index (χ2v) is 7.19. The Balaban J connectivity index is 2.26. The van der Waals surface area contributed by atoms with Crippen molar-refractivity contribution in [1.82, 2.24) is 14.8 Å². The summed E-state index contributed by atoms with van der Waals surface area (Å²) in [5, 5.41) is 18.9. The molecule has 0 spiro atoms. The van der Waals surface area contributed by atoms with Crippen LogP contribution in [0.2, 0.25) is 0 Å². The molecule has 0 aliphatic heterocycles. The molecule has 0 aliphatic carbocycles. The van der Waals surface area contributed by atoms with Crippen LogP contribution in [0.1, 0.15) is 41.4 Å². The first-order valence-electron chi connectivity index (χ1n) is 9.18. The van der Waals surface area contributed by atoms with Crippen LogP contribution >= 0.6 is 0 Å². The SMILES string of the molecule is CCC(CO)Nc1cc(C)nc2c1c(C)nn2-c1c(C)cc(C)cc1C. The third-order valence-corrected chi connectivity index (χ3v) is 4.86. The highest BCUT2D eigenvalue weighted by Gasteiger charge is 2.19. The summed E-state index contributed by atoms with van der Waals surface area (Å²) in [5.41, 5.74) is 8.41. The monoisotopic (exact) mass is 352 g/mol. The molecule has 0 fully saturated rings. The van der Waals surface area contributed by atoms with E-state index in [1.165, 1.54) is 16.7 Å². The van der Waals surface area contributed by atoms with Crippen molar-refractivity contribution in [3.8, 4) is 5.69 Å². The van der Waals surface area contributed by atoms with E-state index in [0.717, 1.165) is 40.2 Å². The molecule has 26 heavy (non-hydrogen) atoms. The lowest BCUT2D eigenvalue weighted by Crippen LogP contribution is -2.22. The van der Waals surface area contributed by atoms with Gasteiger partial charge in [0.15, 0.2) is 5.65 Å². The minimum absolute atomic E-state index is 0.0191.